The zero-order valence-corrected chi connectivity index (χ0v) is 13.5. The molecule has 0 heterocycles. The molecule has 0 amide bonds. The molecule has 0 aliphatic rings. The highest BCUT2D eigenvalue weighted by atomic mass is 32.2. The maximum Gasteiger partial charge on any atom is 0.240 e. The van der Waals surface area contributed by atoms with Crippen molar-refractivity contribution in [1.82, 2.24) is 4.72 Å². The van der Waals surface area contributed by atoms with Crippen molar-refractivity contribution in [3.63, 3.8) is 0 Å². The van der Waals surface area contributed by atoms with Gasteiger partial charge in [0.15, 0.2) is 0 Å². The predicted octanol–water partition coefficient (Wildman–Crippen LogP) is 2.56. The van der Waals surface area contributed by atoms with E-state index in [0.717, 1.165) is 36.8 Å². The molecule has 0 saturated carbocycles. The van der Waals surface area contributed by atoms with Crippen LogP contribution in [0.1, 0.15) is 51.2 Å². The average Bonchev–Trinajstić information content (AvgIpc) is 2.45. The second kappa shape index (κ2) is 7.76. The van der Waals surface area contributed by atoms with Gasteiger partial charge in [0.2, 0.25) is 10.0 Å². The number of aryl methyl sites for hydroxylation is 1. The lowest BCUT2D eigenvalue weighted by molar-refractivity contribution is 0.512. The first kappa shape index (κ1) is 17.1. The van der Waals surface area contributed by atoms with E-state index in [9.17, 15) is 8.42 Å². The number of hydrogen-bond acceptors (Lipinski definition) is 3. The molecule has 4 nitrogen and oxygen atoms in total. The molecule has 0 aromatic heterocycles. The monoisotopic (exact) mass is 298 g/mol. The lowest BCUT2D eigenvalue weighted by Crippen LogP contribution is -2.34. The Morgan fingerprint density at radius 3 is 2.40 bits per heavy atom. The van der Waals surface area contributed by atoms with Gasteiger partial charge in [-0.05, 0) is 42.5 Å². The molecule has 3 N–H and O–H groups in total. The third kappa shape index (κ3) is 4.30. The number of hydrogen-bond donors (Lipinski definition) is 2. The second-order valence-corrected chi connectivity index (χ2v) is 6.72. The van der Waals surface area contributed by atoms with Crippen LogP contribution in [0, 0.1) is 0 Å². The van der Waals surface area contributed by atoms with Gasteiger partial charge in [-0.3, -0.25) is 0 Å². The maximum atomic E-state index is 12.4. The summed E-state index contributed by atoms with van der Waals surface area (Å²) < 4.78 is 27.6. The molecular weight excluding hydrogens is 272 g/mol. The van der Waals surface area contributed by atoms with E-state index in [-0.39, 0.29) is 6.04 Å². The number of nitrogens with two attached hydrogens (primary N) is 1. The standard InChI is InChI=1S/C15H26N2O2S/c1-4-7-14(6-3)17-20(18,19)15-9-8-12(5-2)13(10-15)11-16/h8-10,14,17H,4-7,11,16H2,1-3H3. The van der Waals surface area contributed by atoms with Crippen molar-refractivity contribution in [2.24, 2.45) is 5.73 Å². The fraction of sp³-hybridized carbons (Fsp3) is 0.600. The molecule has 1 atom stereocenters. The molecule has 1 aromatic carbocycles. The molecule has 114 valence electrons. The summed E-state index contributed by atoms with van der Waals surface area (Å²) in [5.74, 6) is 0. The molecule has 0 radical (unpaired) electrons. The first-order chi connectivity index (χ1) is 9.48. The van der Waals surface area contributed by atoms with Crippen LogP contribution in [0.25, 0.3) is 0 Å². The Bertz CT molecular complexity index is 527. The van der Waals surface area contributed by atoms with E-state index in [2.05, 4.69) is 11.6 Å². The van der Waals surface area contributed by atoms with Gasteiger partial charge in [0, 0.05) is 12.6 Å². The zero-order valence-electron chi connectivity index (χ0n) is 12.6. The van der Waals surface area contributed by atoms with E-state index in [1.54, 1.807) is 12.1 Å². The summed E-state index contributed by atoms with van der Waals surface area (Å²) >= 11 is 0. The maximum absolute atomic E-state index is 12.4. The molecule has 1 rings (SSSR count). The normalized spacial score (nSPS) is 13.4. The van der Waals surface area contributed by atoms with Crippen molar-refractivity contribution in [1.29, 1.82) is 0 Å². The van der Waals surface area contributed by atoms with Crippen LogP contribution in [0.3, 0.4) is 0 Å². The minimum Gasteiger partial charge on any atom is -0.326 e. The Labute approximate surface area is 122 Å². The summed E-state index contributed by atoms with van der Waals surface area (Å²) in [6.07, 6.45) is 3.47. The fourth-order valence-corrected chi connectivity index (χ4v) is 3.69. The van der Waals surface area contributed by atoms with E-state index in [1.165, 1.54) is 0 Å². The van der Waals surface area contributed by atoms with Gasteiger partial charge in [0.1, 0.15) is 0 Å². The Hall–Kier alpha value is -0.910. The lowest BCUT2D eigenvalue weighted by Gasteiger charge is -2.17. The van der Waals surface area contributed by atoms with E-state index < -0.39 is 10.0 Å². The van der Waals surface area contributed by atoms with Crippen LogP contribution in [0.5, 0.6) is 0 Å². The zero-order chi connectivity index (χ0) is 15.2. The van der Waals surface area contributed by atoms with E-state index in [1.807, 2.05) is 19.9 Å². The Morgan fingerprint density at radius 1 is 1.20 bits per heavy atom. The quantitative estimate of drug-likeness (QED) is 0.774. The van der Waals surface area contributed by atoms with Gasteiger partial charge >= 0.3 is 0 Å². The van der Waals surface area contributed by atoms with Gasteiger partial charge in [0.25, 0.3) is 0 Å². The van der Waals surface area contributed by atoms with Crippen LogP contribution in [-0.4, -0.2) is 14.5 Å². The van der Waals surface area contributed by atoms with Crippen molar-refractivity contribution >= 4 is 10.0 Å². The van der Waals surface area contributed by atoms with Crippen molar-refractivity contribution in [3.05, 3.63) is 29.3 Å². The minimum atomic E-state index is -3.46. The average molecular weight is 298 g/mol. The van der Waals surface area contributed by atoms with Crippen LogP contribution >= 0.6 is 0 Å². The molecule has 1 unspecified atom stereocenters. The van der Waals surface area contributed by atoms with E-state index in [4.69, 9.17) is 5.73 Å². The third-order valence-electron chi connectivity index (χ3n) is 3.54. The highest BCUT2D eigenvalue weighted by Gasteiger charge is 2.19. The van der Waals surface area contributed by atoms with Crippen LogP contribution in [-0.2, 0) is 23.0 Å². The third-order valence-corrected chi connectivity index (χ3v) is 5.06. The van der Waals surface area contributed by atoms with Gasteiger partial charge in [-0.15, -0.1) is 0 Å². The van der Waals surface area contributed by atoms with Crippen molar-refractivity contribution < 1.29 is 8.42 Å². The lowest BCUT2D eigenvalue weighted by atomic mass is 10.1. The Morgan fingerprint density at radius 2 is 1.90 bits per heavy atom. The Kier molecular flexibility index (Phi) is 6.65. The van der Waals surface area contributed by atoms with Crippen molar-refractivity contribution in [2.45, 2.75) is 63.9 Å². The van der Waals surface area contributed by atoms with Gasteiger partial charge in [0.05, 0.1) is 4.90 Å². The van der Waals surface area contributed by atoms with Gasteiger partial charge in [-0.1, -0.05) is 33.3 Å². The Balaban J connectivity index is 3.03. The summed E-state index contributed by atoms with van der Waals surface area (Å²) in [5, 5.41) is 0. The largest absolute Gasteiger partial charge is 0.326 e. The molecule has 0 spiro atoms. The van der Waals surface area contributed by atoms with Crippen LogP contribution in [0.15, 0.2) is 23.1 Å². The SMILES string of the molecule is CCCC(CC)NS(=O)(=O)c1ccc(CC)c(CN)c1. The van der Waals surface area contributed by atoms with Crippen LogP contribution in [0.4, 0.5) is 0 Å². The molecule has 0 saturated heterocycles. The molecule has 0 aliphatic heterocycles. The van der Waals surface area contributed by atoms with Crippen molar-refractivity contribution in [2.75, 3.05) is 0 Å². The smallest absolute Gasteiger partial charge is 0.240 e. The molecule has 0 fully saturated rings. The predicted molar refractivity (Wildman–Crippen MR) is 83.0 cm³/mol. The molecular formula is C15H26N2O2S. The first-order valence-electron chi connectivity index (χ1n) is 7.32. The number of nitrogens with one attached hydrogen (secondary N) is 1. The van der Waals surface area contributed by atoms with Crippen LogP contribution < -0.4 is 10.5 Å². The number of sulfonamides is 1. The highest BCUT2D eigenvalue weighted by molar-refractivity contribution is 7.89. The van der Waals surface area contributed by atoms with Gasteiger partial charge in [-0.2, -0.15) is 0 Å². The first-order valence-corrected chi connectivity index (χ1v) is 8.80. The summed E-state index contributed by atoms with van der Waals surface area (Å²) in [6.45, 7) is 6.45. The van der Waals surface area contributed by atoms with E-state index in [0.29, 0.717) is 11.4 Å². The molecule has 5 heteroatoms. The molecule has 20 heavy (non-hydrogen) atoms. The summed E-state index contributed by atoms with van der Waals surface area (Å²) in [5.41, 5.74) is 7.70. The fourth-order valence-electron chi connectivity index (χ4n) is 2.29. The molecule has 0 bridgehead atoms. The van der Waals surface area contributed by atoms with Gasteiger partial charge < -0.3 is 5.73 Å². The number of benzene rings is 1. The molecule has 1 aromatic rings. The summed E-state index contributed by atoms with van der Waals surface area (Å²) in [7, 11) is -3.46. The van der Waals surface area contributed by atoms with E-state index >= 15 is 0 Å². The summed E-state index contributed by atoms with van der Waals surface area (Å²) in [4.78, 5) is 0.310. The van der Waals surface area contributed by atoms with Crippen LogP contribution in [0.2, 0.25) is 0 Å². The van der Waals surface area contributed by atoms with Crippen molar-refractivity contribution in [3.8, 4) is 0 Å². The molecule has 0 aliphatic carbocycles. The topological polar surface area (TPSA) is 72.2 Å². The highest BCUT2D eigenvalue weighted by Crippen LogP contribution is 2.17. The van der Waals surface area contributed by atoms with Gasteiger partial charge in [-0.25, -0.2) is 13.1 Å². The minimum absolute atomic E-state index is 0.00261. The summed E-state index contributed by atoms with van der Waals surface area (Å²) in [6, 6.07) is 5.22. The second-order valence-electron chi connectivity index (χ2n) is 5.00. The number of rotatable bonds is 8.